The van der Waals surface area contributed by atoms with Crippen LogP contribution in [0.1, 0.15) is 32.1 Å². The lowest BCUT2D eigenvalue weighted by Crippen LogP contribution is -2.23. The van der Waals surface area contributed by atoms with Gasteiger partial charge in [-0.3, -0.25) is 14.2 Å². The molecule has 3 aromatic heterocycles. The van der Waals surface area contributed by atoms with E-state index in [1.54, 1.807) is 22.9 Å². The Morgan fingerprint density at radius 2 is 1.93 bits per heavy atom. The third-order valence-corrected chi connectivity index (χ3v) is 7.26. The molecule has 5 nitrogen and oxygen atoms in total. The molecule has 0 bridgehead atoms. The number of aromatic nitrogens is 3. The average Bonchev–Trinajstić information content (AvgIpc) is 3.32. The molecule has 0 unspecified atom stereocenters. The monoisotopic (exact) mass is 423 g/mol. The second-order valence-electron chi connectivity index (χ2n) is 7.01. The number of aromatic amines is 1. The second kappa shape index (κ2) is 7.65. The van der Waals surface area contributed by atoms with Crippen LogP contribution >= 0.6 is 23.1 Å². The number of H-pyrrole nitrogens is 1. The molecule has 0 saturated carbocycles. The van der Waals surface area contributed by atoms with Gasteiger partial charge in [-0.2, -0.15) is 0 Å². The molecule has 0 radical (unpaired) electrons. The molecule has 29 heavy (non-hydrogen) atoms. The van der Waals surface area contributed by atoms with Crippen molar-refractivity contribution in [3.8, 4) is 5.69 Å². The predicted molar refractivity (Wildman–Crippen MR) is 120 cm³/mol. The van der Waals surface area contributed by atoms with Crippen LogP contribution in [0.15, 0.2) is 46.5 Å². The van der Waals surface area contributed by atoms with Crippen molar-refractivity contribution >= 4 is 39.1 Å². The minimum atomic E-state index is -0.0830. The topological polar surface area (TPSA) is 67.8 Å². The van der Waals surface area contributed by atoms with Crippen molar-refractivity contribution in [2.45, 2.75) is 32.9 Å². The van der Waals surface area contributed by atoms with E-state index in [1.165, 1.54) is 23.1 Å². The largest absolute Gasteiger partial charge is 0.359 e. The van der Waals surface area contributed by atoms with Gasteiger partial charge in [-0.1, -0.05) is 23.9 Å². The summed E-state index contributed by atoms with van der Waals surface area (Å²) in [6.07, 6.45) is 1.73. The molecule has 0 fully saturated rings. The van der Waals surface area contributed by atoms with Crippen LogP contribution < -0.4 is 5.56 Å². The third-order valence-electron chi connectivity index (χ3n) is 5.22. The Bertz CT molecular complexity index is 1280. The molecule has 4 rings (SSSR count). The number of hydrogen-bond donors (Lipinski definition) is 1. The van der Waals surface area contributed by atoms with Gasteiger partial charge in [-0.05, 0) is 62.6 Å². The molecule has 4 aromatic rings. The maximum Gasteiger partial charge on any atom is 0.267 e. The quantitative estimate of drug-likeness (QED) is 0.279. The van der Waals surface area contributed by atoms with E-state index in [1.807, 2.05) is 45.9 Å². The van der Waals surface area contributed by atoms with Crippen LogP contribution in [0.5, 0.6) is 0 Å². The van der Waals surface area contributed by atoms with Crippen LogP contribution in [-0.4, -0.2) is 26.1 Å². The van der Waals surface area contributed by atoms with E-state index in [4.69, 9.17) is 4.98 Å². The van der Waals surface area contributed by atoms with Crippen molar-refractivity contribution < 1.29 is 4.79 Å². The first-order valence-electron chi connectivity index (χ1n) is 9.27. The van der Waals surface area contributed by atoms with Gasteiger partial charge in [-0.25, -0.2) is 4.98 Å². The Balaban J connectivity index is 1.89. The second-order valence-corrected chi connectivity index (χ2v) is 9.16. The molecule has 1 aromatic carbocycles. The Morgan fingerprint density at radius 3 is 2.66 bits per heavy atom. The highest BCUT2D eigenvalue weighted by atomic mass is 32.2. The van der Waals surface area contributed by atoms with Gasteiger partial charge in [0.15, 0.2) is 10.9 Å². The smallest absolute Gasteiger partial charge is 0.267 e. The molecule has 0 aliphatic heterocycles. The summed E-state index contributed by atoms with van der Waals surface area (Å²) >= 11 is 2.82. The zero-order chi connectivity index (χ0) is 20.7. The number of benzene rings is 1. The molecular weight excluding hydrogens is 402 g/mol. The van der Waals surface area contributed by atoms with Gasteiger partial charge < -0.3 is 4.98 Å². The van der Waals surface area contributed by atoms with Crippen LogP contribution in [0.4, 0.5) is 0 Å². The fraction of sp³-hybridized carbons (Fsp3) is 0.227. The molecule has 1 N–H and O–H groups in total. The average molecular weight is 424 g/mol. The van der Waals surface area contributed by atoms with Crippen molar-refractivity contribution in [1.29, 1.82) is 0 Å². The number of thioether (sulfide) groups is 1. The molecule has 0 atom stereocenters. The fourth-order valence-corrected chi connectivity index (χ4v) is 5.23. The van der Waals surface area contributed by atoms with Gasteiger partial charge in [0, 0.05) is 11.1 Å². The fourth-order valence-electron chi connectivity index (χ4n) is 3.27. The standard InChI is InChI=1S/C22H21N3O2S2/c1-12-7-5-9-17(13(12)2)25-21(27)19-14(3)15(4)29-20(19)24-22(25)28-11-18(26)16-8-6-10-23-16/h5-10,23H,11H2,1-4H3. The lowest BCUT2D eigenvalue weighted by Gasteiger charge is -2.15. The summed E-state index contributed by atoms with van der Waals surface area (Å²) < 4.78 is 1.66. The Labute approximate surface area is 176 Å². The van der Waals surface area contributed by atoms with Crippen molar-refractivity contribution in [3.05, 3.63) is 74.1 Å². The van der Waals surface area contributed by atoms with Gasteiger partial charge in [0.1, 0.15) is 4.83 Å². The summed E-state index contributed by atoms with van der Waals surface area (Å²) in [6.45, 7) is 8.00. The minimum absolute atomic E-state index is 0.0274. The minimum Gasteiger partial charge on any atom is -0.359 e. The van der Waals surface area contributed by atoms with E-state index >= 15 is 0 Å². The van der Waals surface area contributed by atoms with Crippen molar-refractivity contribution in [2.75, 3.05) is 5.75 Å². The number of nitrogens with zero attached hydrogens (tertiary/aromatic N) is 2. The van der Waals surface area contributed by atoms with Crippen LogP contribution in [0.25, 0.3) is 15.9 Å². The predicted octanol–water partition coefficient (Wildman–Crippen LogP) is 4.98. The van der Waals surface area contributed by atoms with Gasteiger partial charge in [0.05, 0.1) is 22.5 Å². The Hall–Kier alpha value is -2.64. The lowest BCUT2D eigenvalue weighted by atomic mass is 10.1. The van der Waals surface area contributed by atoms with E-state index in [2.05, 4.69) is 4.98 Å². The van der Waals surface area contributed by atoms with Crippen molar-refractivity contribution in [3.63, 3.8) is 0 Å². The molecule has 0 amide bonds. The number of hydrogen-bond acceptors (Lipinski definition) is 5. The van der Waals surface area contributed by atoms with E-state index in [0.29, 0.717) is 16.2 Å². The molecular formula is C22H21N3O2S2. The summed E-state index contributed by atoms with van der Waals surface area (Å²) in [6, 6.07) is 9.45. The van der Waals surface area contributed by atoms with Gasteiger partial charge in [0.2, 0.25) is 0 Å². The van der Waals surface area contributed by atoms with E-state index in [-0.39, 0.29) is 17.1 Å². The van der Waals surface area contributed by atoms with E-state index in [9.17, 15) is 9.59 Å². The number of rotatable bonds is 5. The number of aryl methyl sites for hydroxylation is 3. The van der Waals surface area contributed by atoms with Gasteiger partial charge in [0.25, 0.3) is 5.56 Å². The van der Waals surface area contributed by atoms with Crippen LogP contribution in [0.2, 0.25) is 0 Å². The summed E-state index contributed by atoms with van der Waals surface area (Å²) in [4.78, 5) is 35.6. The summed E-state index contributed by atoms with van der Waals surface area (Å²) in [5.41, 5.74) is 4.38. The number of thiophene rings is 1. The van der Waals surface area contributed by atoms with Crippen molar-refractivity contribution in [1.82, 2.24) is 14.5 Å². The highest BCUT2D eigenvalue weighted by molar-refractivity contribution is 7.99. The molecule has 0 aliphatic carbocycles. The number of carbonyl (C=O) groups is 1. The highest BCUT2D eigenvalue weighted by Gasteiger charge is 2.20. The van der Waals surface area contributed by atoms with Crippen LogP contribution in [0.3, 0.4) is 0 Å². The zero-order valence-corrected chi connectivity index (χ0v) is 18.3. The van der Waals surface area contributed by atoms with Gasteiger partial charge >= 0.3 is 0 Å². The SMILES string of the molecule is Cc1cccc(-n2c(SCC(=O)c3ccc[nH]3)nc3sc(C)c(C)c3c2=O)c1C. The molecule has 0 aliphatic rings. The normalized spacial score (nSPS) is 11.3. The highest BCUT2D eigenvalue weighted by Crippen LogP contribution is 2.30. The Morgan fingerprint density at radius 1 is 1.14 bits per heavy atom. The Kier molecular flexibility index (Phi) is 5.19. The zero-order valence-electron chi connectivity index (χ0n) is 16.7. The van der Waals surface area contributed by atoms with E-state index in [0.717, 1.165) is 32.1 Å². The van der Waals surface area contributed by atoms with E-state index < -0.39 is 0 Å². The number of ketones is 1. The maximum absolute atomic E-state index is 13.5. The van der Waals surface area contributed by atoms with Gasteiger partial charge in [-0.15, -0.1) is 11.3 Å². The van der Waals surface area contributed by atoms with Crippen LogP contribution in [-0.2, 0) is 0 Å². The number of fused-ring (bicyclic) bond motifs is 1. The summed E-state index contributed by atoms with van der Waals surface area (Å²) in [5.74, 6) is 0.174. The number of nitrogens with one attached hydrogen (secondary N) is 1. The lowest BCUT2D eigenvalue weighted by molar-refractivity contribution is 0.101. The summed E-state index contributed by atoms with van der Waals surface area (Å²) in [7, 11) is 0. The molecule has 0 saturated heterocycles. The molecule has 0 spiro atoms. The first-order chi connectivity index (χ1) is 13.9. The first kappa shape index (κ1) is 19.7. The third kappa shape index (κ3) is 3.45. The number of Topliss-reactive ketones (excluding diaryl/α,β-unsaturated/α-hetero) is 1. The first-order valence-corrected chi connectivity index (χ1v) is 11.1. The summed E-state index contributed by atoms with van der Waals surface area (Å²) in [5, 5.41) is 1.20. The molecule has 148 valence electrons. The number of carbonyl (C=O) groups excluding carboxylic acids is 1. The maximum atomic E-state index is 13.5. The van der Waals surface area contributed by atoms with Crippen molar-refractivity contribution in [2.24, 2.45) is 0 Å². The van der Waals surface area contributed by atoms with Crippen LogP contribution in [0, 0.1) is 27.7 Å². The molecule has 7 heteroatoms. The molecule has 3 heterocycles.